The van der Waals surface area contributed by atoms with Crippen molar-refractivity contribution in [3.8, 4) is 0 Å². The summed E-state index contributed by atoms with van der Waals surface area (Å²) >= 11 is 0. The number of benzene rings is 2. The van der Waals surface area contributed by atoms with Gasteiger partial charge in [0.15, 0.2) is 0 Å². The number of aromatic amines is 1. The van der Waals surface area contributed by atoms with E-state index in [1.807, 2.05) is 17.0 Å². The number of nitrogens with two attached hydrogens (primary N) is 1. The van der Waals surface area contributed by atoms with E-state index in [4.69, 9.17) is 5.73 Å². The zero-order chi connectivity index (χ0) is 32.0. The van der Waals surface area contributed by atoms with Crippen LogP contribution in [0.5, 0.6) is 0 Å². The Morgan fingerprint density at radius 3 is 2.24 bits per heavy atom. The first-order valence-electron chi connectivity index (χ1n) is 16.6. The summed E-state index contributed by atoms with van der Waals surface area (Å²) in [5, 5.41) is 8.00. The molecule has 11 nitrogen and oxygen atoms in total. The third kappa shape index (κ3) is 7.63. The number of piperazine rings is 2. The molecule has 0 spiro atoms. The molecule has 3 aromatic rings. The summed E-state index contributed by atoms with van der Waals surface area (Å²) in [7, 11) is 0. The zero-order valence-corrected chi connectivity index (χ0v) is 26.5. The third-order valence-electron chi connectivity index (χ3n) is 9.82. The van der Waals surface area contributed by atoms with E-state index in [-0.39, 0.29) is 22.9 Å². The van der Waals surface area contributed by atoms with Crippen LogP contribution in [0.1, 0.15) is 34.5 Å². The van der Waals surface area contributed by atoms with E-state index in [2.05, 4.69) is 24.9 Å². The van der Waals surface area contributed by atoms with Gasteiger partial charge in [-0.05, 0) is 55.6 Å². The SMILES string of the molecule is NCCN1CCN(CC2CCN(CC(=O)N3CCN(C(=O)c4cc(Cc5n[nH]c(=O)c6ccccc56)ccc4F)CC3)CC2)CC1. The minimum atomic E-state index is -0.580. The number of H-pyrrole nitrogens is 1. The van der Waals surface area contributed by atoms with Crippen LogP contribution < -0.4 is 11.3 Å². The Balaban J connectivity index is 0.966. The molecule has 3 fully saturated rings. The standard InChI is InChI=1S/C34H45FN8O3/c35-30-6-5-26(22-31-27-3-1-2-4-28(27)33(45)38-37-31)21-29(30)34(46)43-19-17-42(18-20-43)32(44)24-40-10-7-25(8-11-40)23-41-15-13-39(12-9-36)14-16-41/h1-6,21,25H,7-20,22-24,36H2,(H,38,45). The lowest BCUT2D eigenvalue weighted by Gasteiger charge is -2.39. The average Bonchev–Trinajstić information content (AvgIpc) is 3.08. The minimum absolute atomic E-state index is 0.00585. The number of carbonyl (C=O) groups is 2. The third-order valence-corrected chi connectivity index (χ3v) is 9.82. The lowest BCUT2D eigenvalue weighted by atomic mass is 9.96. The van der Waals surface area contributed by atoms with Gasteiger partial charge in [0, 0.05) is 83.8 Å². The molecule has 3 aliphatic rings. The summed E-state index contributed by atoms with van der Waals surface area (Å²) in [5.74, 6) is -0.194. The Labute approximate surface area is 269 Å². The van der Waals surface area contributed by atoms with Gasteiger partial charge in [-0.3, -0.25) is 24.2 Å². The highest BCUT2D eigenvalue weighted by Crippen LogP contribution is 2.22. The molecule has 0 bridgehead atoms. The van der Waals surface area contributed by atoms with Gasteiger partial charge in [0.1, 0.15) is 5.82 Å². The number of halogens is 1. The fourth-order valence-electron chi connectivity index (χ4n) is 7.04. The Morgan fingerprint density at radius 1 is 0.848 bits per heavy atom. The largest absolute Gasteiger partial charge is 0.338 e. The van der Waals surface area contributed by atoms with Gasteiger partial charge in [-0.25, -0.2) is 9.49 Å². The van der Waals surface area contributed by atoms with E-state index in [1.54, 1.807) is 29.2 Å². The zero-order valence-electron chi connectivity index (χ0n) is 26.5. The molecule has 2 amide bonds. The second-order valence-electron chi connectivity index (χ2n) is 12.9. The van der Waals surface area contributed by atoms with Gasteiger partial charge < -0.3 is 20.4 Å². The summed E-state index contributed by atoms with van der Waals surface area (Å²) in [6, 6.07) is 11.7. The lowest BCUT2D eigenvalue weighted by molar-refractivity contribution is -0.134. The first-order chi connectivity index (χ1) is 22.4. The number of nitrogens with one attached hydrogen (secondary N) is 1. The molecule has 46 heavy (non-hydrogen) atoms. The molecule has 6 rings (SSSR count). The van der Waals surface area contributed by atoms with E-state index in [0.717, 1.165) is 82.7 Å². The smallest absolute Gasteiger partial charge is 0.272 e. The molecule has 0 aliphatic carbocycles. The van der Waals surface area contributed by atoms with Gasteiger partial charge in [0.05, 0.1) is 23.2 Å². The van der Waals surface area contributed by atoms with E-state index < -0.39 is 5.82 Å². The molecule has 0 atom stereocenters. The monoisotopic (exact) mass is 632 g/mol. The number of aromatic nitrogens is 2. The van der Waals surface area contributed by atoms with Crippen LogP contribution in [0.3, 0.4) is 0 Å². The number of carbonyl (C=O) groups excluding carboxylic acids is 2. The van der Waals surface area contributed by atoms with Crippen molar-refractivity contribution in [3.63, 3.8) is 0 Å². The maximum absolute atomic E-state index is 14.9. The number of likely N-dealkylation sites (tertiary alicyclic amines) is 1. The van der Waals surface area contributed by atoms with Gasteiger partial charge in [-0.2, -0.15) is 5.10 Å². The summed E-state index contributed by atoms with van der Waals surface area (Å²) in [4.78, 5) is 49.4. The topological polar surface area (TPSA) is 122 Å². The second kappa shape index (κ2) is 14.8. The molecule has 0 saturated carbocycles. The van der Waals surface area contributed by atoms with Crippen molar-refractivity contribution in [2.24, 2.45) is 11.7 Å². The van der Waals surface area contributed by atoms with Crippen molar-refractivity contribution < 1.29 is 14.0 Å². The van der Waals surface area contributed by atoms with Crippen molar-refractivity contribution in [2.45, 2.75) is 19.3 Å². The quantitative estimate of drug-likeness (QED) is 0.362. The predicted octanol–water partition coefficient (Wildman–Crippen LogP) is 1.23. The number of amides is 2. The first-order valence-corrected chi connectivity index (χ1v) is 16.6. The van der Waals surface area contributed by atoms with E-state index in [1.165, 1.54) is 6.07 Å². The van der Waals surface area contributed by atoms with Crippen LogP contribution in [0.25, 0.3) is 10.8 Å². The number of piperidine rings is 1. The molecule has 0 radical (unpaired) electrons. The van der Waals surface area contributed by atoms with Crippen molar-refractivity contribution in [1.29, 1.82) is 0 Å². The molecule has 4 heterocycles. The van der Waals surface area contributed by atoms with Crippen LogP contribution >= 0.6 is 0 Å². The van der Waals surface area contributed by atoms with E-state index in [9.17, 15) is 18.8 Å². The lowest BCUT2D eigenvalue weighted by Crippen LogP contribution is -2.53. The molecule has 3 saturated heterocycles. The van der Waals surface area contributed by atoms with Gasteiger partial charge >= 0.3 is 0 Å². The fraction of sp³-hybridized carbons (Fsp3) is 0.529. The molecule has 1 aromatic heterocycles. The van der Waals surface area contributed by atoms with Crippen molar-refractivity contribution >= 4 is 22.6 Å². The summed E-state index contributed by atoms with van der Waals surface area (Å²) in [6.07, 6.45) is 2.55. The Morgan fingerprint density at radius 2 is 1.52 bits per heavy atom. The molecule has 246 valence electrons. The maximum Gasteiger partial charge on any atom is 0.272 e. The molecular formula is C34H45FN8O3. The number of fused-ring (bicyclic) bond motifs is 1. The van der Waals surface area contributed by atoms with Crippen molar-refractivity contribution in [1.82, 2.24) is 34.7 Å². The fourth-order valence-corrected chi connectivity index (χ4v) is 7.04. The molecular weight excluding hydrogens is 587 g/mol. The second-order valence-corrected chi connectivity index (χ2v) is 12.9. The van der Waals surface area contributed by atoms with Crippen LogP contribution in [0.2, 0.25) is 0 Å². The Hall–Kier alpha value is -3.71. The predicted molar refractivity (Wildman–Crippen MR) is 175 cm³/mol. The summed E-state index contributed by atoms with van der Waals surface area (Å²) in [6.45, 7) is 11.1. The molecule has 3 aliphatic heterocycles. The minimum Gasteiger partial charge on any atom is -0.338 e. The van der Waals surface area contributed by atoms with Crippen molar-refractivity contribution in [2.75, 3.05) is 91.6 Å². The van der Waals surface area contributed by atoms with Crippen LogP contribution in [-0.4, -0.2) is 138 Å². The normalized spacial score (nSPS) is 19.2. The molecule has 12 heteroatoms. The Bertz CT molecular complexity index is 1570. The van der Waals surface area contributed by atoms with Crippen molar-refractivity contribution in [3.05, 3.63) is 75.5 Å². The highest BCUT2D eigenvalue weighted by atomic mass is 19.1. The number of hydrogen-bond acceptors (Lipinski definition) is 8. The average molecular weight is 633 g/mol. The van der Waals surface area contributed by atoms with Crippen LogP contribution in [-0.2, 0) is 11.2 Å². The Kier molecular flexibility index (Phi) is 10.4. The number of nitrogens with zero attached hydrogens (tertiary/aromatic N) is 6. The van der Waals surface area contributed by atoms with Crippen LogP contribution in [0.4, 0.5) is 4.39 Å². The molecule has 2 aromatic carbocycles. The van der Waals surface area contributed by atoms with E-state index in [0.29, 0.717) is 56.1 Å². The van der Waals surface area contributed by atoms with Gasteiger partial charge in [-0.1, -0.05) is 24.3 Å². The van der Waals surface area contributed by atoms with Gasteiger partial charge in [0.2, 0.25) is 5.91 Å². The van der Waals surface area contributed by atoms with Crippen LogP contribution in [0, 0.1) is 11.7 Å². The maximum atomic E-state index is 14.9. The summed E-state index contributed by atoms with van der Waals surface area (Å²) in [5.41, 5.74) is 6.80. The van der Waals surface area contributed by atoms with E-state index >= 15 is 0 Å². The summed E-state index contributed by atoms with van der Waals surface area (Å²) < 4.78 is 14.9. The first kappa shape index (κ1) is 32.2. The van der Waals surface area contributed by atoms with Gasteiger partial charge in [-0.15, -0.1) is 0 Å². The number of hydrogen-bond donors (Lipinski definition) is 2. The molecule has 3 N–H and O–H groups in total. The highest BCUT2D eigenvalue weighted by Gasteiger charge is 2.29. The highest BCUT2D eigenvalue weighted by molar-refractivity contribution is 5.95. The van der Waals surface area contributed by atoms with Gasteiger partial charge in [0.25, 0.3) is 11.5 Å². The van der Waals surface area contributed by atoms with Crippen LogP contribution in [0.15, 0.2) is 47.3 Å². The number of rotatable bonds is 9. The molecule has 0 unspecified atom stereocenters.